The average molecular weight is 311 g/mol. The molecule has 2 heterocycles. The molecule has 7 nitrogen and oxygen atoms in total. The Hall–Kier alpha value is -1.38. The van der Waals surface area contributed by atoms with Gasteiger partial charge in [0, 0.05) is 13.1 Å². The lowest BCUT2D eigenvalue weighted by molar-refractivity contribution is -0.147. The molecular weight excluding hydrogens is 290 g/mol. The number of ether oxygens (including phenoxy) is 2. The van der Waals surface area contributed by atoms with Gasteiger partial charge in [-0.3, -0.25) is 4.90 Å². The molecule has 0 radical (unpaired) electrons. The lowest BCUT2D eigenvalue weighted by Crippen LogP contribution is -2.62. The van der Waals surface area contributed by atoms with Gasteiger partial charge in [-0.15, -0.1) is 0 Å². The maximum absolute atomic E-state index is 9.99. The van der Waals surface area contributed by atoms with Crippen molar-refractivity contribution in [3.05, 3.63) is 23.8 Å². The monoisotopic (exact) mass is 311 g/mol. The molecule has 22 heavy (non-hydrogen) atoms. The molecule has 0 bridgehead atoms. The molecule has 4 N–H and O–H groups in total. The van der Waals surface area contributed by atoms with Crippen molar-refractivity contribution in [2.24, 2.45) is 0 Å². The van der Waals surface area contributed by atoms with E-state index in [0.29, 0.717) is 31.3 Å². The van der Waals surface area contributed by atoms with Crippen LogP contribution in [0.4, 0.5) is 0 Å². The number of fused-ring (bicyclic) bond motifs is 1. The minimum atomic E-state index is -1.24. The minimum Gasteiger partial charge on any atom is -0.486 e. The highest BCUT2D eigenvalue weighted by Crippen LogP contribution is 2.31. The van der Waals surface area contributed by atoms with Crippen molar-refractivity contribution in [2.75, 3.05) is 26.4 Å². The molecule has 7 heteroatoms. The number of hydrogen-bond donors (Lipinski definition) is 4. The maximum atomic E-state index is 9.99. The first-order valence-corrected chi connectivity index (χ1v) is 7.38. The fraction of sp³-hybridized carbons (Fsp3) is 0.600. The molecule has 1 aromatic rings. The molecule has 2 aliphatic rings. The van der Waals surface area contributed by atoms with Crippen molar-refractivity contribution in [1.82, 2.24) is 4.90 Å². The average Bonchev–Trinajstić information content (AvgIpc) is 2.53. The van der Waals surface area contributed by atoms with Gasteiger partial charge in [-0.05, 0) is 17.7 Å². The topological polar surface area (TPSA) is 103 Å². The number of nitrogens with zero attached hydrogens (tertiary/aromatic N) is 1. The molecule has 0 aromatic heterocycles. The number of hydrogen-bond acceptors (Lipinski definition) is 7. The summed E-state index contributed by atoms with van der Waals surface area (Å²) in [7, 11) is 0. The zero-order valence-corrected chi connectivity index (χ0v) is 12.1. The van der Waals surface area contributed by atoms with Crippen molar-refractivity contribution >= 4 is 0 Å². The van der Waals surface area contributed by atoms with Crippen molar-refractivity contribution in [3.63, 3.8) is 0 Å². The molecule has 122 valence electrons. The number of benzene rings is 1. The summed E-state index contributed by atoms with van der Waals surface area (Å²) >= 11 is 0. The van der Waals surface area contributed by atoms with Crippen molar-refractivity contribution < 1.29 is 29.9 Å². The van der Waals surface area contributed by atoms with Crippen LogP contribution in [0, 0.1) is 0 Å². The van der Waals surface area contributed by atoms with Crippen molar-refractivity contribution in [1.29, 1.82) is 0 Å². The van der Waals surface area contributed by atoms with E-state index in [4.69, 9.17) is 9.47 Å². The number of aliphatic hydroxyl groups is 4. The maximum Gasteiger partial charge on any atom is 0.161 e. The zero-order chi connectivity index (χ0) is 15.7. The Morgan fingerprint density at radius 3 is 2.50 bits per heavy atom. The quantitative estimate of drug-likeness (QED) is 0.551. The van der Waals surface area contributed by atoms with Crippen LogP contribution in [0.15, 0.2) is 18.2 Å². The van der Waals surface area contributed by atoms with Crippen molar-refractivity contribution in [2.45, 2.75) is 30.9 Å². The molecule has 0 unspecified atom stereocenters. The van der Waals surface area contributed by atoms with Crippen LogP contribution in [-0.4, -0.2) is 76.0 Å². The van der Waals surface area contributed by atoms with E-state index < -0.39 is 24.4 Å². The number of likely N-dealkylation sites (tertiary alicyclic amines) is 1. The van der Waals surface area contributed by atoms with E-state index in [1.807, 2.05) is 18.2 Å². The first-order valence-electron chi connectivity index (χ1n) is 7.38. The SMILES string of the molecule is OC[C@H]1[C@@H](O)[C@H](O)[C@@H](O)CN1Cc1ccc2c(c1)OCCO2. The van der Waals surface area contributed by atoms with Gasteiger partial charge < -0.3 is 29.9 Å². The van der Waals surface area contributed by atoms with E-state index in [9.17, 15) is 20.4 Å². The molecule has 1 saturated heterocycles. The van der Waals surface area contributed by atoms with Crippen molar-refractivity contribution in [3.8, 4) is 11.5 Å². The van der Waals surface area contributed by atoms with E-state index in [0.717, 1.165) is 5.56 Å². The Morgan fingerprint density at radius 2 is 1.77 bits per heavy atom. The Labute approximate surface area is 128 Å². The fourth-order valence-electron chi connectivity index (χ4n) is 2.98. The summed E-state index contributed by atoms with van der Waals surface area (Å²) in [5.41, 5.74) is 0.915. The predicted octanol–water partition coefficient (Wildman–Crippen LogP) is -1.28. The number of rotatable bonds is 3. The van der Waals surface area contributed by atoms with Crippen LogP contribution < -0.4 is 9.47 Å². The van der Waals surface area contributed by atoms with Gasteiger partial charge in [0.2, 0.25) is 0 Å². The van der Waals surface area contributed by atoms with Crippen LogP contribution >= 0.6 is 0 Å². The van der Waals surface area contributed by atoms with Gasteiger partial charge in [0.1, 0.15) is 25.4 Å². The largest absolute Gasteiger partial charge is 0.486 e. The van der Waals surface area contributed by atoms with Gasteiger partial charge in [-0.2, -0.15) is 0 Å². The third kappa shape index (κ3) is 2.90. The van der Waals surface area contributed by atoms with Crippen LogP contribution in [0.1, 0.15) is 5.56 Å². The number of piperidine rings is 1. The van der Waals surface area contributed by atoms with Gasteiger partial charge in [-0.25, -0.2) is 0 Å². The van der Waals surface area contributed by atoms with E-state index in [-0.39, 0.29) is 13.2 Å². The molecule has 0 amide bonds. The summed E-state index contributed by atoms with van der Waals surface area (Å²) in [6.07, 6.45) is -3.48. The summed E-state index contributed by atoms with van der Waals surface area (Å²) < 4.78 is 11.0. The lowest BCUT2D eigenvalue weighted by Gasteiger charge is -2.43. The Bertz CT molecular complexity index is 525. The molecule has 0 spiro atoms. The van der Waals surface area contributed by atoms with Crippen LogP contribution in [0.25, 0.3) is 0 Å². The van der Waals surface area contributed by atoms with Gasteiger partial charge in [0.05, 0.1) is 18.8 Å². The highest BCUT2D eigenvalue weighted by atomic mass is 16.6. The third-order valence-electron chi connectivity index (χ3n) is 4.21. The molecule has 1 fully saturated rings. The summed E-state index contributed by atoms with van der Waals surface area (Å²) in [5.74, 6) is 1.37. The Kier molecular flexibility index (Phi) is 4.51. The van der Waals surface area contributed by atoms with E-state index in [1.54, 1.807) is 4.90 Å². The molecule has 3 rings (SSSR count). The first-order chi connectivity index (χ1) is 10.6. The van der Waals surface area contributed by atoms with E-state index in [2.05, 4.69) is 0 Å². The van der Waals surface area contributed by atoms with Crippen LogP contribution in [0.2, 0.25) is 0 Å². The molecular formula is C15H21NO6. The summed E-state index contributed by atoms with van der Waals surface area (Å²) in [6.45, 7) is 1.33. The van der Waals surface area contributed by atoms with Gasteiger partial charge >= 0.3 is 0 Å². The molecule has 2 aliphatic heterocycles. The van der Waals surface area contributed by atoms with Gasteiger partial charge in [0.25, 0.3) is 0 Å². The standard InChI is InChI=1S/C15H21NO6/c17-8-10-14(19)15(20)11(18)7-16(10)6-9-1-2-12-13(5-9)22-4-3-21-12/h1-2,5,10-11,14-15,17-20H,3-4,6-8H2/t10-,11-,14+,15+/m0/s1. The second-order valence-electron chi connectivity index (χ2n) is 5.71. The minimum absolute atomic E-state index is 0.178. The molecule has 1 aromatic carbocycles. The van der Waals surface area contributed by atoms with Crippen LogP contribution in [0.3, 0.4) is 0 Å². The third-order valence-corrected chi connectivity index (χ3v) is 4.21. The number of aliphatic hydroxyl groups excluding tert-OH is 4. The predicted molar refractivity (Wildman–Crippen MR) is 76.7 cm³/mol. The van der Waals surface area contributed by atoms with E-state index >= 15 is 0 Å². The zero-order valence-electron chi connectivity index (χ0n) is 12.1. The highest BCUT2D eigenvalue weighted by molar-refractivity contribution is 5.43. The highest BCUT2D eigenvalue weighted by Gasteiger charge is 2.40. The Balaban J connectivity index is 1.76. The fourth-order valence-corrected chi connectivity index (χ4v) is 2.98. The Morgan fingerprint density at radius 1 is 1.05 bits per heavy atom. The molecule has 4 atom stereocenters. The van der Waals surface area contributed by atoms with E-state index in [1.165, 1.54) is 0 Å². The first kappa shape index (κ1) is 15.5. The normalized spacial score (nSPS) is 32.0. The second-order valence-corrected chi connectivity index (χ2v) is 5.71. The van der Waals surface area contributed by atoms with Crippen LogP contribution in [-0.2, 0) is 6.54 Å². The summed E-state index contributed by atoms with van der Waals surface area (Å²) in [4.78, 5) is 1.76. The number of β-amino-alcohol motifs (C(OH)–C–C–N with tert-alkyl or cyclic N) is 1. The summed E-state index contributed by atoms with van der Waals surface area (Å²) in [5, 5.41) is 39.0. The molecule has 0 aliphatic carbocycles. The van der Waals surface area contributed by atoms with Crippen LogP contribution in [0.5, 0.6) is 11.5 Å². The van der Waals surface area contributed by atoms with Gasteiger partial charge in [-0.1, -0.05) is 6.07 Å². The molecule has 0 saturated carbocycles. The van der Waals surface area contributed by atoms with Gasteiger partial charge in [0.15, 0.2) is 11.5 Å². The smallest absolute Gasteiger partial charge is 0.161 e. The second kappa shape index (κ2) is 6.39. The summed E-state index contributed by atoms with van der Waals surface area (Å²) in [6, 6.07) is 4.94. The lowest BCUT2D eigenvalue weighted by atomic mass is 9.93.